The van der Waals surface area contributed by atoms with Crippen molar-refractivity contribution in [3.8, 4) is 0 Å². The smallest absolute Gasteiger partial charge is 0.129 e. The van der Waals surface area contributed by atoms with Gasteiger partial charge >= 0.3 is 0 Å². The highest BCUT2D eigenvalue weighted by Crippen LogP contribution is 2.42. The molecule has 2 rings (SSSR count). The number of halogens is 1. The van der Waals surface area contributed by atoms with Crippen LogP contribution >= 0.6 is 0 Å². The van der Waals surface area contributed by atoms with E-state index in [0.29, 0.717) is 38.2 Å². The van der Waals surface area contributed by atoms with E-state index in [9.17, 15) is 9.50 Å². The van der Waals surface area contributed by atoms with Crippen LogP contribution in [0, 0.1) is 11.2 Å². The van der Waals surface area contributed by atoms with E-state index in [4.69, 9.17) is 10.5 Å². The summed E-state index contributed by atoms with van der Waals surface area (Å²) in [4.78, 5) is 0. The van der Waals surface area contributed by atoms with Crippen molar-refractivity contribution in [2.24, 2.45) is 11.1 Å². The molecule has 4 heteroatoms. The van der Waals surface area contributed by atoms with Gasteiger partial charge in [-0.3, -0.25) is 0 Å². The largest absolute Gasteiger partial charge is 0.388 e. The Labute approximate surface area is 100 Å². The molecule has 3 nitrogen and oxygen atoms in total. The molecule has 1 aromatic carbocycles. The predicted molar refractivity (Wildman–Crippen MR) is 62.9 cm³/mol. The van der Waals surface area contributed by atoms with Gasteiger partial charge in [0.25, 0.3) is 0 Å². The molecule has 1 aliphatic heterocycles. The quantitative estimate of drug-likeness (QED) is 0.842. The number of aliphatic hydroxyl groups is 1. The number of ether oxygens (including phenoxy) is 1. The molecule has 0 aromatic heterocycles. The van der Waals surface area contributed by atoms with E-state index in [1.54, 1.807) is 18.2 Å². The zero-order valence-corrected chi connectivity index (χ0v) is 9.73. The van der Waals surface area contributed by atoms with Crippen molar-refractivity contribution >= 4 is 0 Å². The molecule has 3 N–H and O–H groups in total. The summed E-state index contributed by atoms with van der Waals surface area (Å²) in [7, 11) is 0. The first-order valence-corrected chi connectivity index (χ1v) is 5.90. The Balaban J connectivity index is 2.28. The number of benzene rings is 1. The van der Waals surface area contributed by atoms with Crippen LogP contribution in [0.2, 0.25) is 0 Å². The van der Waals surface area contributed by atoms with Crippen molar-refractivity contribution in [3.05, 3.63) is 35.6 Å². The highest BCUT2D eigenvalue weighted by molar-refractivity contribution is 5.22. The zero-order valence-electron chi connectivity index (χ0n) is 9.73. The summed E-state index contributed by atoms with van der Waals surface area (Å²) in [6.45, 7) is 1.48. The Bertz CT molecular complexity index is 377. The molecule has 1 aromatic rings. The Morgan fingerprint density at radius 2 is 2.00 bits per heavy atom. The van der Waals surface area contributed by atoms with Gasteiger partial charge in [-0.15, -0.1) is 0 Å². The van der Waals surface area contributed by atoms with E-state index >= 15 is 0 Å². The average molecular weight is 239 g/mol. The summed E-state index contributed by atoms with van der Waals surface area (Å²) < 4.78 is 19.0. The number of aliphatic hydroxyl groups excluding tert-OH is 1. The maximum Gasteiger partial charge on any atom is 0.129 e. The van der Waals surface area contributed by atoms with Crippen molar-refractivity contribution < 1.29 is 14.2 Å². The van der Waals surface area contributed by atoms with Gasteiger partial charge in [0.2, 0.25) is 0 Å². The van der Waals surface area contributed by atoms with Crippen LogP contribution in [-0.4, -0.2) is 24.9 Å². The first-order chi connectivity index (χ1) is 8.19. The first-order valence-electron chi connectivity index (χ1n) is 5.90. The number of hydrogen-bond donors (Lipinski definition) is 2. The summed E-state index contributed by atoms with van der Waals surface area (Å²) in [6, 6.07) is 6.32. The van der Waals surface area contributed by atoms with Crippen LogP contribution in [0.15, 0.2) is 24.3 Å². The van der Waals surface area contributed by atoms with Gasteiger partial charge in [-0.2, -0.15) is 0 Å². The lowest BCUT2D eigenvalue weighted by atomic mass is 9.73. The van der Waals surface area contributed by atoms with Gasteiger partial charge in [-0.05, 0) is 18.9 Å². The van der Waals surface area contributed by atoms with Crippen molar-refractivity contribution in [3.63, 3.8) is 0 Å². The molecule has 0 bridgehead atoms. The predicted octanol–water partition coefficient (Wildman–Crippen LogP) is 1.61. The molecular weight excluding hydrogens is 221 g/mol. The monoisotopic (exact) mass is 239 g/mol. The van der Waals surface area contributed by atoms with Crippen LogP contribution < -0.4 is 5.73 Å². The molecule has 0 amide bonds. The molecule has 0 saturated carbocycles. The maximum absolute atomic E-state index is 13.7. The van der Waals surface area contributed by atoms with Gasteiger partial charge in [0.1, 0.15) is 5.82 Å². The Morgan fingerprint density at radius 3 is 2.59 bits per heavy atom. The minimum Gasteiger partial charge on any atom is -0.388 e. The lowest BCUT2D eigenvalue weighted by Crippen LogP contribution is -2.41. The van der Waals surface area contributed by atoms with Crippen LogP contribution in [0.5, 0.6) is 0 Å². The zero-order chi connectivity index (χ0) is 12.3. The van der Waals surface area contributed by atoms with E-state index in [0.717, 1.165) is 0 Å². The minimum absolute atomic E-state index is 0.333. The second-order valence-corrected chi connectivity index (χ2v) is 4.60. The topological polar surface area (TPSA) is 55.5 Å². The third-order valence-electron chi connectivity index (χ3n) is 3.67. The number of hydrogen-bond acceptors (Lipinski definition) is 3. The van der Waals surface area contributed by atoms with Crippen molar-refractivity contribution in [2.75, 3.05) is 19.8 Å². The molecule has 17 heavy (non-hydrogen) atoms. The molecule has 1 heterocycles. The van der Waals surface area contributed by atoms with Crippen molar-refractivity contribution in [1.82, 2.24) is 0 Å². The lowest BCUT2D eigenvalue weighted by molar-refractivity contribution is -0.0593. The van der Waals surface area contributed by atoms with Gasteiger partial charge in [0.15, 0.2) is 0 Å². The molecule has 0 spiro atoms. The van der Waals surface area contributed by atoms with E-state index in [1.165, 1.54) is 6.07 Å². The van der Waals surface area contributed by atoms with Crippen LogP contribution in [-0.2, 0) is 4.74 Å². The second kappa shape index (κ2) is 5.12. The van der Waals surface area contributed by atoms with Crippen LogP contribution in [0.1, 0.15) is 24.5 Å². The Morgan fingerprint density at radius 1 is 1.35 bits per heavy atom. The molecule has 1 aliphatic rings. The molecule has 0 radical (unpaired) electrons. The highest BCUT2D eigenvalue weighted by atomic mass is 19.1. The van der Waals surface area contributed by atoms with E-state index in [1.807, 2.05) is 0 Å². The minimum atomic E-state index is -0.863. The molecular formula is C13H18FNO2. The molecule has 1 saturated heterocycles. The molecule has 1 atom stereocenters. The summed E-state index contributed by atoms with van der Waals surface area (Å²) in [5.74, 6) is -0.376. The fourth-order valence-electron chi connectivity index (χ4n) is 2.39. The van der Waals surface area contributed by atoms with Crippen molar-refractivity contribution in [2.45, 2.75) is 18.9 Å². The highest BCUT2D eigenvalue weighted by Gasteiger charge is 2.40. The molecule has 1 unspecified atom stereocenters. The fraction of sp³-hybridized carbons (Fsp3) is 0.538. The van der Waals surface area contributed by atoms with E-state index in [-0.39, 0.29) is 5.82 Å². The van der Waals surface area contributed by atoms with E-state index in [2.05, 4.69) is 0 Å². The molecule has 0 aliphatic carbocycles. The third kappa shape index (κ3) is 2.34. The Kier molecular flexibility index (Phi) is 3.76. The van der Waals surface area contributed by atoms with Crippen LogP contribution in [0.4, 0.5) is 4.39 Å². The number of rotatable bonds is 3. The van der Waals surface area contributed by atoms with E-state index < -0.39 is 11.5 Å². The number of nitrogens with two attached hydrogens (primary N) is 1. The summed E-state index contributed by atoms with van der Waals surface area (Å²) in [5, 5.41) is 10.4. The molecule has 1 fully saturated rings. The van der Waals surface area contributed by atoms with Gasteiger partial charge < -0.3 is 15.6 Å². The van der Waals surface area contributed by atoms with Gasteiger partial charge in [-0.25, -0.2) is 4.39 Å². The fourth-order valence-corrected chi connectivity index (χ4v) is 2.39. The average Bonchev–Trinajstić information content (AvgIpc) is 2.39. The van der Waals surface area contributed by atoms with Crippen LogP contribution in [0.25, 0.3) is 0 Å². The summed E-state index contributed by atoms with van der Waals surface area (Å²) in [6.07, 6.45) is 0.468. The SMILES string of the molecule is NCC1(C(O)c2ccccc2F)CCOCC1. The standard InChI is InChI=1S/C13H18FNO2/c14-11-4-2-1-3-10(11)12(16)13(9-15)5-7-17-8-6-13/h1-4,12,16H,5-9,15H2. The maximum atomic E-state index is 13.7. The van der Waals surface area contributed by atoms with Gasteiger partial charge in [-0.1, -0.05) is 18.2 Å². The van der Waals surface area contributed by atoms with Gasteiger partial charge in [0, 0.05) is 30.7 Å². The molecule has 94 valence electrons. The Hall–Kier alpha value is -0.970. The second-order valence-electron chi connectivity index (χ2n) is 4.60. The summed E-state index contributed by atoms with van der Waals surface area (Å²) in [5.41, 5.74) is 5.66. The van der Waals surface area contributed by atoms with Crippen LogP contribution in [0.3, 0.4) is 0 Å². The van der Waals surface area contributed by atoms with Crippen molar-refractivity contribution in [1.29, 1.82) is 0 Å². The lowest BCUT2D eigenvalue weighted by Gasteiger charge is -2.40. The van der Waals surface area contributed by atoms with Gasteiger partial charge in [0.05, 0.1) is 6.10 Å². The first kappa shape index (κ1) is 12.5. The summed E-state index contributed by atoms with van der Waals surface area (Å²) >= 11 is 0. The normalized spacial score (nSPS) is 21.1. The third-order valence-corrected chi connectivity index (χ3v) is 3.67.